The third kappa shape index (κ3) is 6.03. The smallest absolute Gasteiger partial charge is 0.244 e. The van der Waals surface area contributed by atoms with Crippen LogP contribution in [0.4, 0.5) is 0 Å². The first kappa shape index (κ1) is 15.9. The summed E-state index contributed by atoms with van der Waals surface area (Å²) in [4.78, 5) is 11.6. The van der Waals surface area contributed by atoms with Gasteiger partial charge in [-0.3, -0.25) is 4.79 Å². The summed E-state index contributed by atoms with van der Waals surface area (Å²) in [6.07, 6.45) is 4.38. The number of hydrogen-bond donors (Lipinski definition) is 2. The minimum absolute atomic E-state index is 0.192. The standard InChI is InChI=1S/C15H20BrNO2/c1-3-4-13(18)10-17-15(19)8-7-12-6-5-11(2)9-14(12)16/h5-9,13,18H,3-4,10H2,1-2H3,(H,17,19)/b8-7+. The summed E-state index contributed by atoms with van der Waals surface area (Å²) in [7, 11) is 0. The van der Waals surface area contributed by atoms with E-state index in [1.807, 2.05) is 32.0 Å². The van der Waals surface area contributed by atoms with Crippen LogP contribution >= 0.6 is 15.9 Å². The van der Waals surface area contributed by atoms with Gasteiger partial charge in [0.15, 0.2) is 0 Å². The molecule has 1 aromatic carbocycles. The Morgan fingerprint density at radius 3 is 2.89 bits per heavy atom. The van der Waals surface area contributed by atoms with Crippen LogP contribution in [0.5, 0.6) is 0 Å². The van der Waals surface area contributed by atoms with E-state index in [1.165, 1.54) is 6.08 Å². The fourth-order valence-corrected chi connectivity index (χ4v) is 2.27. The van der Waals surface area contributed by atoms with Crippen LogP contribution in [0.1, 0.15) is 30.9 Å². The van der Waals surface area contributed by atoms with Crippen molar-refractivity contribution in [2.24, 2.45) is 0 Å². The molecule has 3 nitrogen and oxygen atoms in total. The average molecular weight is 326 g/mol. The Hall–Kier alpha value is -1.13. The largest absolute Gasteiger partial charge is 0.391 e. The highest BCUT2D eigenvalue weighted by Crippen LogP contribution is 2.19. The third-order valence-corrected chi connectivity index (χ3v) is 3.39. The summed E-state index contributed by atoms with van der Waals surface area (Å²) in [5.41, 5.74) is 2.12. The number of aliphatic hydroxyl groups excluding tert-OH is 1. The lowest BCUT2D eigenvalue weighted by atomic mass is 10.1. The zero-order valence-electron chi connectivity index (χ0n) is 11.3. The molecule has 19 heavy (non-hydrogen) atoms. The van der Waals surface area contributed by atoms with Crippen molar-refractivity contribution in [3.63, 3.8) is 0 Å². The van der Waals surface area contributed by atoms with E-state index in [-0.39, 0.29) is 5.91 Å². The molecule has 1 unspecified atom stereocenters. The molecule has 0 saturated carbocycles. The van der Waals surface area contributed by atoms with Gasteiger partial charge in [0.2, 0.25) is 5.91 Å². The molecule has 1 rings (SSSR count). The van der Waals surface area contributed by atoms with Gasteiger partial charge in [-0.2, -0.15) is 0 Å². The highest BCUT2D eigenvalue weighted by molar-refractivity contribution is 9.10. The number of nitrogens with one attached hydrogen (secondary N) is 1. The van der Waals surface area contributed by atoms with Crippen molar-refractivity contribution in [2.75, 3.05) is 6.54 Å². The van der Waals surface area contributed by atoms with E-state index >= 15 is 0 Å². The molecule has 0 fully saturated rings. The van der Waals surface area contributed by atoms with E-state index in [1.54, 1.807) is 6.08 Å². The molecule has 0 bridgehead atoms. The molecule has 1 amide bonds. The van der Waals surface area contributed by atoms with Gasteiger partial charge < -0.3 is 10.4 Å². The molecule has 1 atom stereocenters. The van der Waals surface area contributed by atoms with E-state index in [4.69, 9.17) is 0 Å². The molecular weight excluding hydrogens is 306 g/mol. The molecule has 2 N–H and O–H groups in total. The van der Waals surface area contributed by atoms with Gasteiger partial charge in [0.25, 0.3) is 0 Å². The van der Waals surface area contributed by atoms with E-state index in [0.717, 1.165) is 22.0 Å². The van der Waals surface area contributed by atoms with E-state index < -0.39 is 6.10 Å². The second-order valence-electron chi connectivity index (χ2n) is 4.55. The lowest BCUT2D eigenvalue weighted by Gasteiger charge is -2.08. The molecule has 0 aromatic heterocycles. The zero-order valence-corrected chi connectivity index (χ0v) is 12.9. The fraction of sp³-hybridized carbons (Fsp3) is 0.400. The number of halogens is 1. The second-order valence-corrected chi connectivity index (χ2v) is 5.40. The molecule has 4 heteroatoms. The lowest BCUT2D eigenvalue weighted by Crippen LogP contribution is -2.30. The van der Waals surface area contributed by atoms with Gasteiger partial charge >= 0.3 is 0 Å². The maximum Gasteiger partial charge on any atom is 0.244 e. The third-order valence-electron chi connectivity index (χ3n) is 2.70. The van der Waals surface area contributed by atoms with Gasteiger partial charge in [0.1, 0.15) is 0 Å². The van der Waals surface area contributed by atoms with Gasteiger partial charge in [-0.1, -0.05) is 41.4 Å². The van der Waals surface area contributed by atoms with Crippen molar-refractivity contribution < 1.29 is 9.90 Å². The number of aliphatic hydroxyl groups is 1. The van der Waals surface area contributed by atoms with Gasteiger partial charge in [-0.15, -0.1) is 0 Å². The number of carbonyl (C=O) groups is 1. The van der Waals surface area contributed by atoms with Gasteiger partial charge in [-0.25, -0.2) is 0 Å². The summed E-state index contributed by atoms with van der Waals surface area (Å²) in [6.45, 7) is 4.31. The highest BCUT2D eigenvalue weighted by atomic mass is 79.9. The maximum absolute atomic E-state index is 11.6. The lowest BCUT2D eigenvalue weighted by molar-refractivity contribution is -0.116. The van der Waals surface area contributed by atoms with Crippen molar-refractivity contribution in [1.82, 2.24) is 5.32 Å². The SMILES string of the molecule is CCCC(O)CNC(=O)/C=C/c1ccc(C)cc1Br. The Morgan fingerprint density at radius 1 is 1.53 bits per heavy atom. The summed E-state index contributed by atoms with van der Waals surface area (Å²) >= 11 is 3.46. The van der Waals surface area contributed by atoms with E-state index in [0.29, 0.717) is 13.0 Å². The van der Waals surface area contributed by atoms with Crippen molar-refractivity contribution in [3.8, 4) is 0 Å². The molecule has 0 aliphatic heterocycles. The summed E-state index contributed by atoms with van der Waals surface area (Å²) < 4.78 is 0.961. The Labute approximate surface area is 122 Å². The molecule has 0 aliphatic carbocycles. The normalized spacial score (nSPS) is 12.6. The quantitative estimate of drug-likeness (QED) is 0.790. The fourth-order valence-electron chi connectivity index (χ4n) is 1.65. The van der Waals surface area contributed by atoms with Crippen LogP contribution in [0, 0.1) is 6.92 Å². The van der Waals surface area contributed by atoms with Crippen LogP contribution in [0.2, 0.25) is 0 Å². The second kappa shape index (κ2) is 8.12. The first-order valence-electron chi connectivity index (χ1n) is 6.43. The molecule has 0 aliphatic rings. The first-order valence-corrected chi connectivity index (χ1v) is 7.22. The van der Waals surface area contributed by atoms with Gasteiger partial charge in [0, 0.05) is 17.1 Å². The predicted molar refractivity (Wildman–Crippen MR) is 81.8 cm³/mol. The zero-order chi connectivity index (χ0) is 14.3. The van der Waals surface area contributed by atoms with Crippen LogP contribution in [0.3, 0.4) is 0 Å². The maximum atomic E-state index is 11.6. The van der Waals surface area contributed by atoms with E-state index in [2.05, 4.69) is 21.2 Å². The molecule has 0 heterocycles. The summed E-state index contributed by atoms with van der Waals surface area (Å²) in [5, 5.41) is 12.2. The molecule has 0 spiro atoms. The minimum atomic E-state index is -0.464. The van der Waals surface area contributed by atoms with Crippen molar-refractivity contribution >= 4 is 27.9 Å². The molecule has 1 aromatic rings. The molecule has 0 saturated heterocycles. The molecule has 0 radical (unpaired) electrons. The van der Waals surface area contributed by atoms with E-state index in [9.17, 15) is 9.90 Å². The Morgan fingerprint density at radius 2 is 2.26 bits per heavy atom. The Bertz CT molecular complexity index is 457. The molecule has 104 valence electrons. The number of hydrogen-bond acceptors (Lipinski definition) is 2. The van der Waals surface area contributed by atoms with Gasteiger partial charge in [-0.05, 0) is 36.6 Å². The first-order chi connectivity index (χ1) is 9.02. The van der Waals surface area contributed by atoms with Crippen molar-refractivity contribution in [2.45, 2.75) is 32.8 Å². The molecular formula is C15H20BrNO2. The Kier molecular flexibility index (Phi) is 6.81. The summed E-state index contributed by atoms with van der Waals surface area (Å²) in [6, 6.07) is 5.95. The van der Waals surface area contributed by atoms with Crippen LogP contribution in [0.15, 0.2) is 28.7 Å². The Balaban J connectivity index is 2.49. The van der Waals surface area contributed by atoms with Crippen LogP contribution < -0.4 is 5.32 Å². The summed E-state index contributed by atoms with van der Waals surface area (Å²) in [5.74, 6) is -0.192. The number of rotatable bonds is 6. The minimum Gasteiger partial charge on any atom is -0.391 e. The number of amides is 1. The number of aryl methyl sites for hydroxylation is 1. The van der Waals surface area contributed by atoms with Gasteiger partial charge in [0.05, 0.1) is 6.10 Å². The van der Waals surface area contributed by atoms with Crippen LogP contribution in [-0.4, -0.2) is 23.7 Å². The number of carbonyl (C=O) groups excluding carboxylic acids is 1. The van der Waals surface area contributed by atoms with Crippen LogP contribution in [0.25, 0.3) is 6.08 Å². The predicted octanol–water partition coefficient (Wildman–Crippen LogP) is 3.05. The highest BCUT2D eigenvalue weighted by Gasteiger charge is 2.04. The van der Waals surface area contributed by atoms with Crippen LogP contribution in [-0.2, 0) is 4.79 Å². The topological polar surface area (TPSA) is 49.3 Å². The van der Waals surface area contributed by atoms with Crippen molar-refractivity contribution in [1.29, 1.82) is 0 Å². The monoisotopic (exact) mass is 325 g/mol. The van der Waals surface area contributed by atoms with Crippen molar-refractivity contribution in [3.05, 3.63) is 39.9 Å². The number of benzene rings is 1. The average Bonchev–Trinajstić information content (AvgIpc) is 2.35.